The van der Waals surface area contributed by atoms with Gasteiger partial charge in [-0.3, -0.25) is 0 Å². The number of nitrogens with zero attached hydrogens (tertiary/aromatic N) is 4. The Balaban J connectivity index is 2.69. The molecule has 1 aromatic heterocycles. The zero-order valence-electron chi connectivity index (χ0n) is 10.6. The van der Waals surface area contributed by atoms with Gasteiger partial charge >= 0.3 is 0 Å². The van der Waals surface area contributed by atoms with Crippen LogP contribution in [0.15, 0.2) is 6.20 Å². The van der Waals surface area contributed by atoms with Crippen LogP contribution in [0.2, 0.25) is 0 Å². The monoisotopic (exact) mass is 223 g/mol. The molecule has 0 saturated carbocycles. The van der Waals surface area contributed by atoms with Crippen molar-refractivity contribution in [1.82, 2.24) is 14.9 Å². The summed E-state index contributed by atoms with van der Waals surface area (Å²) < 4.78 is 0. The summed E-state index contributed by atoms with van der Waals surface area (Å²) in [5, 5.41) is 0. The van der Waals surface area contributed by atoms with Crippen molar-refractivity contribution in [2.24, 2.45) is 5.73 Å². The van der Waals surface area contributed by atoms with Crippen molar-refractivity contribution < 1.29 is 0 Å². The second-order valence-electron chi connectivity index (χ2n) is 4.21. The molecule has 0 bridgehead atoms. The molecule has 0 unspecified atom stereocenters. The molecule has 1 rings (SSSR count). The van der Waals surface area contributed by atoms with E-state index in [-0.39, 0.29) is 0 Å². The molecule has 0 aromatic carbocycles. The highest BCUT2D eigenvalue weighted by Crippen LogP contribution is 2.09. The van der Waals surface area contributed by atoms with Crippen LogP contribution in [-0.2, 0) is 6.54 Å². The van der Waals surface area contributed by atoms with Crippen molar-refractivity contribution in [3.05, 3.63) is 17.5 Å². The van der Waals surface area contributed by atoms with E-state index >= 15 is 0 Å². The highest BCUT2D eigenvalue weighted by Gasteiger charge is 2.06. The van der Waals surface area contributed by atoms with E-state index in [4.69, 9.17) is 5.73 Å². The minimum atomic E-state index is 0.494. The van der Waals surface area contributed by atoms with Gasteiger partial charge in [-0.1, -0.05) is 0 Å². The molecule has 0 amide bonds. The first kappa shape index (κ1) is 12.9. The second-order valence-corrected chi connectivity index (χ2v) is 4.21. The number of hydrogen-bond donors (Lipinski definition) is 1. The van der Waals surface area contributed by atoms with Crippen molar-refractivity contribution in [2.75, 3.05) is 39.1 Å². The lowest BCUT2D eigenvalue weighted by molar-refractivity contribution is 0.415. The van der Waals surface area contributed by atoms with E-state index in [2.05, 4.69) is 29.0 Å². The summed E-state index contributed by atoms with van der Waals surface area (Å²) in [6.07, 6.45) is 1.81. The maximum absolute atomic E-state index is 5.57. The summed E-state index contributed by atoms with van der Waals surface area (Å²) in [6, 6.07) is 0. The molecule has 0 fully saturated rings. The van der Waals surface area contributed by atoms with Crippen LogP contribution in [0.5, 0.6) is 0 Å². The Hall–Kier alpha value is -1.20. The number of aryl methyl sites for hydroxylation is 1. The Kier molecular flexibility index (Phi) is 4.64. The van der Waals surface area contributed by atoms with E-state index in [0.717, 1.165) is 30.3 Å². The minimum Gasteiger partial charge on any atom is -0.343 e. The fourth-order valence-electron chi connectivity index (χ4n) is 1.31. The van der Waals surface area contributed by atoms with Crippen LogP contribution >= 0.6 is 0 Å². The van der Waals surface area contributed by atoms with Crippen LogP contribution in [0.4, 0.5) is 5.95 Å². The summed E-state index contributed by atoms with van der Waals surface area (Å²) in [6.45, 7) is 4.35. The van der Waals surface area contributed by atoms with E-state index in [0.29, 0.717) is 6.54 Å². The fraction of sp³-hybridized carbons (Fsp3) is 0.636. The molecule has 0 radical (unpaired) electrons. The lowest BCUT2D eigenvalue weighted by Crippen LogP contribution is -2.29. The molecular weight excluding hydrogens is 202 g/mol. The highest BCUT2D eigenvalue weighted by molar-refractivity contribution is 5.31. The van der Waals surface area contributed by atoms with Crippen LogP contribution < -0.4 is 10.6 Å². The van der Waals surface area contributed by atoms with Crippen molar-refractivity contribution >= 4 is 5.95 Å². The van der Waals surface area contributed by atoms with Gasteiger partial charge in [0.25, 0.3) is 0 Å². The summed E-state index contributed by atoms with van der Waals surface area (Å²) in [5.74, 6) is 0.761. The lowest BCUT2D eigenvalue weighted by Gasteiger charge is -2.20. The number of anilines is 1. The van der Waals surface area contributed by atoms with Gasteiger partial charge < -0.3 is 15.5 Å². The first-order valence-corrected chi connectivity index (χ1v) is 5.43. The number of likely N-dealkylation sites (N-methyl/N-ethyl adjacent to an activating group) is 2. The Morgan fingerprint density at radius 3 is 2.44 bits per heavy atom. The average Bonchev–Trinajstić information content (AvgIpc) is 2.25. The van der Waals surface area contributed by atoms with Gasteiger partial charge in [-0.15, -0.1) is 0 Å². The van der Waals surface area contributed by atoms with E-state index in [1.54, 1.807) is 0 Å². The van der Waals surface area contributed by atoms with E-state index in [1.807, 2.05) is 25.1 Å². The predicted molar refractivity (Wildman–Crippen MR) is 66.5 cm³/mol. The summed E-state index contributed by atoms with van der Waals surface area (Å²) >= 11 is 0. The molecule has 0 aliphatic heterocycles. The first-order valence-electron chi connectivity index (χ1n) is 5.43. The quantitative estimate of drug-likeness (QED) is 0.775. The molecule has 1 heterocycles. The molecular formula is C11H21N5. The predicted octanol–water partition coefficient (Wildman–Crippen LogP) is 0.242. The van der Waals surface area contributed by atoms with Crippen molar-refractivity contribution in [2.45, 2.75) is 13.5 Å². The molecule has 90 valence electrons. The number of aromatic nitrogens is 2. The van der Waals surface area contributed by atoms with Gasteiger partial charge in [0.2, 0.25) is 5.95 Å². The minimum absolute atomic E-state index is 0.494. The molecule has 5 heteroatoms. The summed E-state index contributed by atoms with van der Waals surface area (Å²) in [5.41, 5.74) is 7.54. The van der Waals surface area contributed by atoms with Gasteiger partial charge in [0.05, 0.1) is 0 Å². The van der Waals surface area contributed by atoms with Crippen molar-refractivity contribution in [3.63, 3.8) is 0 Å². The zero-order chi connectivity index (χ0) is 12.1. The molecule has 0 aliphatic rings. The Morgan fingerprint density at radius 1 is 1.25 bits per heavy atom. The number of nitrogens with two attached hydrogens (primary N) is 1. The zero-order valence-corrected chi connectivity index (χ0v) is 10.6. The molecule has 5 nitrogen and oxygen atoms in total. The number of hydrogen-bond acceptors (Lipinski definition) is 5. The van der Waals surface area contributed by atoms with Crippen LogP contribution in [0, 0.1) is 6.92 Å². The van der Waals surface area contributed by atoms with Crippen LogP contribution in [0.3, 0.4) is 0 Å². The van der Waals surface area contributed by atoms with Gasteiger partial charge in [-0.05, 0) is 21.0 Å². The lowest BCUT2D eigenvalue weighted by atomic mass is 10.2. The SMILES string of the molecule is Cc1nc(N(C)CCN(C)C)ncc1CN. The molecule has 2 N–H and O–H groups in total. The van der Waals surface area contributed by atoms with Crippen LogP contribution in [0.1, 0.15) is 11.3 Å². The van der Waals surface area contributed by atoms with Crippen molar-refractivity contribution in [1.29, 1.82) is 0 Å². The van der Waals surface area contributed by atoms with Gasteiger partial charge in [-0.25, -0.2) is 9.97 Å². The molecule has 0 spiro atoms. The van der Waals surface area contributed by atoms with Gasteiger partial charge in [0.1, 0.15) is 0 Å². The van der Waals surface area contributed by atoms with Crippen LogP contribution in [0.25, 0.3) is 0 Å². The topological polar surface area (TPSA) is 58.3 Å². The standard InChI is InChI=1S/C11H21N5/c1-9-10(7-12)8-13-11(14-9)16(4)6-5-15(2)3/h8H,5-7,12H2,1-4H3. The molecule has 16 heavy (non-hydrogen) atoms. The highest BCUT2D eigenvalue weighted by atomic mass is 15.2. The first-order chi connectivity index (χ1) is 7.54. The molecule has 0 aliphatic carbocycles. The Morgan fingerprint density at radius 2 is 1.94 bits per heavy atom. The van der Waals surface area contributed by atoms with Crippen molar-refractivity contribution in [3.8, 4) is 0 Å². The van der Waals surface area contributed by atoms with Gasteiger partial charge in [0.15, 0.2) is 0 Å². The summed E-state index contributed by atoms with van der Waals surface area (Å²) in [7, 11) is 6.11. The third-order valence-corrected chi connectivity index (χ3v) is 2.51. The van der Waals surface area contributed by atoms with Gasteiger partial charge in [-0.2, -0.15) is 0 Å². The third kappa shape index (κ3) is 3.43. The fourth-order valence-corrected chi connectivity index (χ4v) is 1.31. The molecule has 0 saturated heterocycles. The third-order valence-electron chi connectivity index (χ3n) is 2.51. The molecule has 0 atom stereocenters. The normalized spacial score (nSPS) is 10.9. The van der Waals surface area contributed by atoms with E-state index in [1.165, 1.54) is 0 Å². The average molecular weight is 223 g/mol. The smallest absolute Gasteiger partial charge is 0.225 e. The summed E-state index contributed by atoms with van der Waals surface area (Å²) in [4.78, 5) is 12.9. The second kappa shape index (κ2) is 5.77. The maximum Gasteiger partial charge on any atom is 0.225 e. The number of rotatable bonds is 5. The Labute approximate surface area is 97.3 Å². The van der Waals surface area contributed by atoms with E-state index < -0.39 is 0 Å². The Bertz CT molecular complexity index is 337. The van der Waals surface area contributed by atoms with Gasteiger partial charge in [0, 0.05) is 44.1 Å². The molecule has 1 aromatic rings. The van der Waals surface area contributed by atoms with E-state index in [9.17, 15) is 0 Å². The maximum atomic E-state index is 5.57. The largest absolute Gasteiger partial charge is 0.343 e. The van der Waals surface area contributed by atoms with Crippen LogP contribution in [-0.4, -0.2) is 49.1 Å².